The van der Waals surface area contributed by atoms with Crippen LogP contribution >= 0.6 is 0 Å². The van der Waals surface area contributed by atoms with Gasteiger partial charge >= 0.3 is 5.97 Å². The number of carbonyl (C=O) groups is 1. The number of rotatable bonds is 9. The van der Waals surface area contributed by atoms with E-state index in [2.05, 4.69) is 6.58 Å². The molecule has 0 saturated heterocycles. The van der Waals surface area contributed by atoms with Gasteiger partial charge in [0.25, 0.3) is 0 Å². The SMILES string of the molecule is C=CCN(CCOc1ccccc1)CC(=O)OCC. The van der Waals surface area contributed by atoms with Crippen LogP contribution in [0, 0.1) is 0 Å². The summed E-state index contributed by atoms with van der Waals surface area (Å²) >= 11 is 0. The molecule has 1 aromatic rings. The highest BCUT2D eigenvalue weighted by Gasteiger charge is 2.10. The predicted octanol–water partition coefficient (Wildman–Crippen LogP) is 2.12. The van der Waals surface area contributed by atoms with Gasteiger partial charge in [-0.05, 0) is 19.1 Å². The van der Waals surface area contributed by atoms with E-state index in [1.54, 1.807) is 13.0 Å². The van der Waals surface area contributed by atoms with Crippen LogP contribution in [0.1, 0.15) is 6.92 Å². The van der Waals surface area contributed by atoms with Gasteiger partial charge in [-0.1, -0.05) is 24.3 Å². The van der Waals surface area contributed by atoms with Gasteiger partial charge in [0.1, 0.15) is 12.4 Å². The molecule has 0 fully saturated rings. The van der Waals surface area contributed by atoms with Crippen LogP contribution in [-0.2, 0) is 9.53 Å². The lowest BCUT2D eigenvalue weighted by Crippen LogP contribution is -2.34. The van der Waals surface area contributed by atoms with Gasteiger partial charge in [-0.15, -0.1) is 6.58 Å². The molecule has 4 nitrogen and oxygen atoms in total. The lowest BCUT2D eigenvalue weighted by Gasteiger charge is -2.19. The van der Waals surface area contributed by atoms with Crippen LogP contribution in [0.5, 0.6) is 5.75 Å². The van der Waals surface area contributed by atoms with E-state index in [0.29, 0.717) is 26.3 Å². The Hall–Kier alpha value is -1.81. The molecule has 0 atom stereocenters. The van der Waals surface area contributed by atoms with Crippen LogP contribution in [0.3, 0.4) is 0 Å². The van der Waals surface area contributed by atoms with Crippen molar-refractivity contribution in [3.63, 3.8) is 0 Å². The second kappa shape index (κ2) is 9.16. The van der Waals surface area contributed by atoms with Gasteiger partial charge in [0, 0.05) is 13.1 Å². The van der Waals surface area contributed by atoms with Gasteiger partial charge in [-0.3, -0.25) is 9.69 Å². The maximum atomic E-state index is 11.4. The zero-order valence-electron chi connectivity index (χ0n) is 11.4. The summed E-state index contributed by atoms with van der Waals surface area (Å²) in [6.45, 7) is 7.96. The third kappa shape index (κ3) is 6.62. The van der Waals surface area contributed by atoms with E-state index >= 15 is 0 Å². The Bertz CT molecular complexity index is 378. The van der Waals surface area contributed by atoms with Crippen LogP contribution in [0.15, 0.2) is 43.0 Å². The molecule has 0 unspecified atom stereocenters. The maximum Gasteiger partial charge on any atom is 0.320 e. The van der Waals surface area contributed by atoms with Gasteiger partial charge in [0.15, 0.2) is 0 Å². The number of ether oxygens (including phenoxy) is 2. The topological polar surface area (TPSA) is 38.8 Å². The van der Waals surface area contributed by atoms with Crippen molar-refractivity contribution in [1.82, 2.24) is 4.90 Å². The molecule has 0 aliphatic heterocycles. The smallest absolute Gasteiger partial charge is 0.320 e. The van der Waals surface area contributed by atoms with Crippen molar-refractivity contribution in [2.75, 3.05) is 32.8 Å². The van der Waals surface area contributed by atoms with Gasteiger partial charge in [0.05, 0.1) is 13.2 Å². The minimum atomic E-state index is -0.218. The third-order valence-corrected chi connectivity index (χ3v) is 2.46. The lowest BCUT2D eigenvalue weighted by atomic mass is 10.3. The molecule has 0 aliphatic rings. The monoisotopic (exact) mass is 263 g/mol. The minimum absolute atomic E-state index is 0.218. The Labute approximate surface area is 114 Å². The Morgan fingerprint density at radius 3 is 2.74 bits per heavy atom. The number of hydrogen-bond donors (Lipinski definition) is 0. The number of benzene rings is 1. The van der Waals surface area contributed by atoms with Crippen LogP contribution in [0.4, 0.5) is 0 Å². The normalized spacial score (nSPS) is 10.2. The summed E-state index contributed by atoms with van der Waals surface area (Å²) in [4.78, 5) is 13.4. The first-order valence-electron chi connectivity index (χ1n) is 6.43. The molecule has 0 radical (unpaired) electrons. The molecule has 0 spiro atoms. The van der Waals surface area contributed by atoms with Crippen molar-refractivity contribution in [2.45, 2.75) is 6.92 Å². The number of para-hydroxylation sites is 1. The van der Waals surface area contributed by atoms with E-state index in [4.69, 9.17) is 9.47 Å². The number of hydrogen-bond acceptors (Lipinski definition) is 4. The van der Waals surface area contributed by atoms with Crippen molar-refractivity contribution in [3.8, 4) is 5.75 Å². The largest absolute Gasteiger partial charge is 0.492 e. The van der Waals surface area contributed by atoms with Crippen LogP contribution in [0.2, 0.25) is 0 Å². The van der Waals surface area contributed by atoms with E-state index in [-0.39, 0.29) is 12.5 Å². The molecule has 4 heteroatoms. The average molecular weight is 263 g/mol. The van der Waals surface area contributed by atoms with Gasteiger partial charge < -0.3 is 9.47 Å². The average Bonchev–Trinajstić information content (AvgIpc) is 2.40. The van der Waals surface area contributed by atoms with E-state index < -0.39 is 0 Å². The summed E-state index contributed by atoms with van der Waals surface area (Å²) in [5, 5.41) is 0. The van der Waals surface area contributed by atoms with Crippen molar-refractivity contribution in [3.05, 3.63) is 43.0 Å². The molecule has 104 valence electrons. The van der Waals surface area contributed by atoms with E-state index in [1.165, 1.54) is 0 Å². The molecular weight excluding hydrogens is 242 g/mol. The predicted molar refractivity (Wildman–Crippen MR) is 75.2 cm³/mol. The molecule has 0 N–H and O–H groups in total. The second-order valence-electron chi connectivity index (χ2n) is 3.99. The number of carbonyl (C=O) groups excluding carboxylic acids is 1. The van der Waals surface area contributed by atoms with E-state index in [0.717, 1.165) is 5.75 Å². The first-order valence-corrected chi connectivity index (χ1v) is 6.43. The summed E-state index contributed by atoms with van der Waals surface area (Å²) in [6.07, 6.45) is 1.77. The highest BCUT2D eigenvalue weighted by atomic mass is 16.5. The summed E-state index contributed by atoms with van der Waals surface area (Å²) in [5.74, 6) is 0.612. The highest BCUT2D eigenvalue weighted by molar-refractivity contribution is 5.71. The standard InChI is InChI=1S/C15H21NO3/c1-3-10-16(13-15(17)18-4-2)11-12-19-14-8-6-5-7-9-14/h3,5-9H,1,4,10-13H2,2H3. The number of nitrogens with zero attached hydrogens (tertiary/aromatic N) is 1. The van der Waals surface area contributed by atoms with Gasteiger partial charge in [0.2, 0.25) is 0 Å². The molecule has 0 saturated carbocycles. The molecule has 1 rings (SSSR count). The molecular formula is C15H21NO3. The molecule has 0 amide bonds. The zero-order chi connectivity index (χ0) is 13.9. The molecule has 0 heterocycles. The van der Waals surface area contributed by atoms with Gasteiger partial charge in [-0.25, -0.2) is 0 Å². The van der Waals surface area contributed by atoms with Crippen molar-refractivity contribution in [1.29, 1.82) is 0 Å². The first kappa shape index (κ1) is 15.2. The van der Waals surface area contributed by atoms with Gasteiger partial charge in [-0.2, -0.15) is 0 Å². The van der Waals surface area contributed by atoms with Crippen molar-refractivity contribution < 1.29 is 14.3 Å². The fourth-order valence-electron chi connectivity index (χ4n) is 1.62. The van der Waals surface area contributed by atoms with Crippen molar-refractivity contribution in [2.24, 2.45) is 0 Å². The van der Waals surface area contributed by atoms with E-state index in [1.807, 2.05) is 35.2 Å². The third-order valence-electron chi connectivity index (χ3n) is 2.46. The molecule has 0 aliphatic carbocycles. The minimum Gasteiger partial charge on any atom is -0.492 e. The molecule has 0 bridgehead atoms. The van der Waals surface area contributed by atoms with Crippen LogP contribution < -0.4 is 4.74 Å². The second-order valence-corrected chi connectivity index (χ2v) is 3.99. The Morgan fingerprint density at radius 1 is 1.37 bits per heavy atom. The quantitative estimate of drug-likeness (QED) is 0.505. The number of esters is 1. The van der Waals surface area contributed by atoms with Crippen LogP contribution in [0.25, 0.3) is 0 Å². The van der Waals surface area contributed by atoms with Crippen molar-refractivity contribution >= 4 is 5.97 Å². The summed E-state index contributed by atoms with van der Waals surface area (Å²) in [6, 6.07) is 9.61. The maximum absolute atomic E-state index is 11.4. The molecule has 1 aromatic carbocycles. The Balaban J connectivity index is 2.32. The zero-order valence-corrected chi connectivity index (χ0v) is 11.4. The fraction of sp³-hybridized carbons (Fsp3) is 0.400. The fourth-order valence-corrected chi connectivity index (χ4v) is 1.62. The summed E-state index contributed by atoms with van der Waals surface area (Å²) in [5.41, 5.74) is 0. The summed E-state index contributed by atoms with van der Waals surface area (Å²) < 4.78 is 10.5. The van der Waals surface area contributed by atoms with E-state index in [9.17, 15) is 4.79 Å². The first-order chi connectivity index (χ1) is 9.26. The lowest BCUT2D eigenvalue weighted by molar-refractivity contribution is -0.144. The Morgan fingerprint density at radius 2 is 2.11 bits per heavy atom. The van der Waals surface area contributed by atoms with Crippen LogP contribution in [-0.4, -0.2) is 43.7 Å². The highest BCUT2D eigenvalue weighted by Crippen LogP contribution is 2.07. The molecule has 19 heavy (non-hydrogen) atoms. The molecule has 0 aromatic heterocycles. The summed E-state index contributed by atoms with van der Waals surface area (Å²) in [7, 11) is 0. The Kier molecular flexibility index (Phi) is 7.35.